The zero-order valence-corrected chi connectivity index (χ0v) is 17.0. The lowest BCUT2D eigenvalue weighted by Crippen LogP contribution is -2.33. The van der Waals surface area contributed by atoms with Crippen LogP contribution in [0.5, 0.6) is 5.75 Å². The van der Waals surface area contributed by atoms with Crippen molar-refractivity contribution in [2.75, 3.05) is 13.2 Å². The highest BCUT2D eigenvalue weighted by molar-refractivity contribution is 6.32. The van der Waals surface area contributed by atoms with E-state index in [0.29, 0.717) is 22.9 Å². The van der Waals surface area contributed by atoms with Crippen LogP contribution in [0, 0.1) is 5.82 Å². The van der Waals surface area contributed by atoms with E-state index in [1.165, 1.54) is 24.4 Å². The molecule has 0 aliphatic carbocycles. The number of aromatic amines is 1. The van der Waals surface area contributed by atoms with Gasteiger partial charge in [0.25, 0.3) is 5.91 Å². The van der Waals surface area contributed by atoms with E-state index in [2.05, 4.69) is 4.98 Å². The first kappa shape index (κ1) is 19.4. The molecule has 0 bridgehead atoms. The summed E-state index contributed by atoms with van der Waals surface area (Å²) in [7, 11) is 0. The number of ether oxygens (including phenoxy) is 1. The summed E-state index contributed by atoms with van der Waals surface area (Å²) < 4.78 is 21.3. The van der Waals surface area contributed by atoms with Crippen LogP contribution in [0.4, 0.5) is 4.39 Å². The molecule has 0 saturated heterocycles. The van der Waals surface area contributed by atoms with Gasteiger partial charge in [-0.2, -0.15) is 0 Å². The van der Waals surface area contributed by atoms with Gasteiger partial charge in [-0.3, -0.25) is 9.59 Å². The second-order valence-corrected chi connectivity index (χ2v) is 7.73. The van der Waals surface area contributed by atoms with Crippen LogP contribution in [-0.2, 0) is 6.54 Å². The summed E-state index contributed by atoms with van der Waals surface area (Å²) in [5, 5.41) is 1.20. The number of hydrogen-bond acceptors (Lipinski definition) is 3. The zero-order valence-electron chi connectivity index (χ0n) is 16.3. The Balaban J connectivity index is 1.54. The Kier molecular flexibility index (Phi) is 4.75. The van der Waals surface area contributed by atoms with Crippen molar-refractivity contribution in [3.8, 4) is 11.4 Å². The van der Waals surface area contributed by atoms with Crippen LogP contribution >= 0.6 is 11.6 Å². The second-order valence-electron chi connectivity index (χ2n) is 7.32. The summed E-state index contributed by atoms with van der Waals surface area (Å²) in [5.74, 6) is -0.0207. The average molecular weight is 438 g/mol. The first-order valence-corrected chi connectivity index (χ1v) is 10.1. The Bertz CT molecular complexity index is 1380. The molecule has 3 heterocycles. The fourth-order valence-electron chi connectivity index (χ4n) is 3.87. The predicted octanol–water partition coefficient (Wildman–Crippen LogP) is 4.15. The Hall–Kier alpha value is -3.58. The van der Waals surface area contributed by atoms with E-state index >= 15 is 0 Å². The molecule has 5 rings (SSSR count). The molecular weight excluding hydrogens is 421 g/mol. The fraction of sp³-hybridized carbons (Fsp3) is 0.130. The van der Waals surface area contributed by atoms with E-state index in [4.69, 9.17) is 16.3 Å². The molecule has 1 amide bonds. The van der Waals surface area contributed by atoms with Crippen LogP contribution in [0.2, 0.25) is 5.02 Å². The molecule has 0 fully saturated rings. The minimum absolute atomic E-state index is 0.258. The van der Waals surface area contributed by atoms with Gasteiger partial charge in [0, 0.05) is 47.2 Å². The van der Waals surface area contributed by atoms with Crippen LogP contribution in [0.1, 0.15) is 15.9 Å². The van der Waals surface area contributed by atoms with Crippen molar-refractivity contribution in [2.45, 2.75) is 6.54 Å². The number of pyridine rings is 1. The van der Waals surface area contributed by atoms with Gasteiger partial charge in [-0.25, -0.2) is 4.39 Å². The number of carbonyl (C=O) groups excluding carboxylic acids is 1. The average Bonchev–Trinajstić information content (AvgIpc) is 3.04. The van der Waals surface area contributed by atoms with Crippen LogP contribution in [0.3, 0.4) is 0 Å². The summed E-state index contributed by atoms with van der Waals surface area (Å²) in [4.78, 5) is 28.7. The molecule has 4 aromatic rings. The molecule has 0 saturated carbocycles. The lowest BCUT2D eigenvalue weighted by atomic mass is 10.1. The van der Waals surface area contributed by atoms with Gasteiger partial charge in [-0.05, 0) is 42.5 Å². The topological polar surface area (TPSA) is 67.3 Å². The zero-order chi connectivity index (χ0) is 21.5. The van der Waals surface area contributed by atoms with Gasteiger partial charge in [-0.15, -0.1) is 0 Å². The lowest BCUT2D eigenvalue weighted by Gasteiger charge is -2.20. The molecule has 31 heavy (non-hydrogen) atoms. The highest BCUT2D eigenvalue weighted by atomic mass is 35.5. The van der Waals surface area contributed by atoms with Gasteiger partial charge < -0.3 is 19.2 Å². The van der Waals surface area contributed by atoms with Gasteiger partial charge in [-0.1, -0.05) is 11.6 Å². The number of halogens is 2. The molecule has 1 aliphatic rings. The minimum atomic E-state index is -0.335. The van der Waals surface area contributed by atoms with Crippen LogP contribution in [0.15, 0.2) is 65.7 Å². The van der Waals surface area contributed by atoms with Crippen LogP contribution in [-0.4, -0.2) is 33.5 Å². The highest BCUT2D eigenvalue weighted by Crippen LogP contribution is 2.35. The maximum Gasteiger partial charge on any atom is 0.254 e. The number of benzene rings is 2. The van der Waals surface area contributed by atoms with E-state index in [-0.39, 0.29) is 30.4 Å². The summed E-state index contributed by atoms with van der Waals surface area (Å²) in [6, 6.07) is 13.0. The van der Waals surface area contributed by atoms with Crippen molar-refractivity contribution in [1.29, 1.82) is 0 Å². The molecule has 6 nitrogen and oxygen atoms in total. The number of hydrogen-bond donors (Lipinski definition) is 1. The number of carbonyl (C=O) groups is 1. The van der Waals surface area contributed by atoms with E-state index in [0.717, 1.165) is 22.2 Å². The van der Waals surface area contributed by atoms with Crippen LogP contribution < -0.4 is 10.3 Å². The number of fused-ring (bicyclic) bond motifs is 2. The monoisotopic (exact) mass is 437 g/mol. The van der Waals surface area contributed by atoms with Crippen molar-refractivity contribution in [3.05, 3.63) is 93.2 Å². The Morgan fingerprint density at radius 1 is 1.13 bits per heavy atom. The molecule has 0 unspecified atom stereocenters. The summed E-state index contributed by atoms with van der Waals surface area (Å²) >= 11 is 6.53. The van der Waals surface area contributed by atoms with Gasteiger partial charge in [0.2, 0.25) is 5.56 Å². The molecule has 2 aromatic carbocycles. The van der Waals surface area contributed by atoms with Gasteiger partial charge >= 0.3 is 0 Å². The highest BCUT2D eigenvalue weighted by Gasteiger charge is 2.24. The minimum Gasteiger partial charge on any atom is -0.490 e. The molecule has 2 aromatic heterocycles. The summed E-state index contributed by atoms with van der Waals surface area (Å²) in [5.41, 5.74) is 2.34. The molecule has 0 spiro atoms. The number of aromatic nitrogens is 2. The predicted molar refractivity (Wildman–Crippen MR) is 116 cm³/mol. The standard InChI is InChI=1S/C23H17ClFN3O3/c24-19-12-18(28-6-4-14-9-17(25)1-2-20(14)28)10-16-13-27(7-8-31-22(16)19)23(30)15-3-5-26-21(29)11-15/h1-6,9-12H,7-8,13H2,(H,26,29). The SMILES string of the molecule is O=C(c1cc[nH]c(=O)c1)N1CCOc2c(Cl)cc(-n3ccc4cc(F)ccc43)cc2C1. The van der Waals surface area contributed by atoms with E-state index < -0.39 is 0 Å². The summed E-state index contributed by atoms with van der Waals surface area (Å²) in [6.07, 6.45) is 3.30. The normalized spacial score (nSPS) is 13.5. The maximum absolute atomic E-state index is 13.6. The number of rotatable bonds is 2. The van der Waals surface area contributed by atoms with Crippen molar-refractivity contribution >= 4 is 28.4 Å². The third kappa shape index (κ3) is 3.57. The molecule has 8 heteroatoms. The first-order chi connectivity index (χ1) is 15.0. The molecule has 156 valence electrons. The quantitative estimate of drug-likeness (QED) is 0.512. The molecule has 1 aliphatic heterocycles. The number of nitrogens with one attached hydrogen (secondary N) is 1. The fourth-order valence-corrected chi connectivity index (χ4v) is 4.16. The second kappa shape index (κ2) is 7.59. The summed E-state index contributed by atoms with van der Waals surface area (Å²) in [6.45, 7) is 0.923. The van der Waals surface area contributed by atoms with E-state index in [1.54, 1.807) is 23.1 Å². The first-order valence-electron chi connectivity index (χ1n) is 9.70. The van der Waals surface area contributed by atoms with Crippen molar-refractivity contribution in [1.82, 2.24) is 14.5 Å². The van der Waals surface area contributed by atoms with Crippen LogP contribution in [0.25, 0.3) is 16.6 Å². The Morgan fingerprint density at radius 3 is 2.84 bits per heavy atom. The number of amides is 1. The molecule has 1 N–H and O–H groups in total. The Labute approximate surface area is 181 Å². The van der Waals surface area contributed by atoms with Gasteiger partial charge in [0.05, 0.1) is 17.1 Å². The molecule has 0 atom stereocenters. The molecule has 0 radical (unpaired) electrons. The van der Waals surface area contributed by atoms with Crippen molar-refractivity contribution in [3.63, 3.8) is 0 Å². The third-order valence-electron chi connectivity index (χ3n) is 5.31. The smallest absolute Gasteiger partial charge is 0.254 e. The maximum atomic E-state index is 13.6. The van der Waals surface area contributed by atoms with Crippen molar-refractivity contribution < 1.29 is 13.9 Å². The Morgan fingerprint density at radius 2 is 2.00 bits per heavy atom. The van der Waals surface area contributed by atoms with Gasteiger partial charge in [0.15, 0.2) is 0 Å². The third-order valence-corrected chi connectivity index (χ3v) is 5.59. The van der Waals surface area contributed by atoms with E-state index in [1.807, 2.05) is 22.9 Å². The number of nitrogens with zero attached hydrogens (tertiary/aromatic N) is 2. The number of H-pyrrole nitrogens is 1. The molecular formula is C23H17ClFN3O3. The van der Waals surface area contributed by atoms with Gasteiger partial charge in [0.1, 0.15) is 18.2 Å². The van der Waals surface area contributed by atoms with E-state index in [9.17, 15) is 14.0 Å². The largest absolute Gasteiger partial charge is 0.490 e. The van der Waals surface area contributed by atoms with Crippen molar-refractivity contribution in [2.24, 2.45) is 0 Å². The lowest BCUT2D eigenvalue weighted by molar-refractivity contribution is 0.0733.